The van der Waals surface area contributed by atoms with E-state index in [0.29, 0.717) is 27.4 Å². The van der Waals surface area contributed by atoms with Crippen LogP contribution in [0.3, 0.4) is 0 Å². The molecule has 2 aromatic carbocycles. The van der Waals surface area contributed by atoms with Crippen LogP contribution in [0.2, 0.25) is 5.02 Å². The Hall–Kier alpha value is -3.02. The summed E-state index contributed by atoms with van der Waals surface area (Å²) in [6.45, 7) is 3.37. The van der Waals surface area contributed by atoms with Crippen LogP contribution in [0.15, 0.2) is 40.4 Å². The number of nitrogens with zero attached hydrogens (tertiary/aromatic N) is 1. The summed E-state index contributed by atoms with van der Waals surface area (Å²) >= 11 is 9.38. The van der Waals surface area contributed by atoms with Gasteiger partial charge in [0.15, 0.2) is 18.1 Å². The zero-order valence-electron chi connectivity index (χ0n) is 16.2. The summed E-state index contributed by atoms with van der Waals surface area (Å²) < 4.78 is 11.2. The topological polar surface area (TPSA) is 109 Å². The average Bonchev–Trinajstić information content (AvgIpc) is 2.68. The summed E-state index contributed by atoms with van der Waals surface area (Å²) in [5.41, 5.74) is 1.68. The Morgan fingerprint density at radius 1 is 1.30 bits per heavy atom. The molecule has 9 heteroatoms. The van der Waals surface area contributed by atoms with Gasteiger partial charge in [-0.05, 0) is 71.2 Å². The van der Waals surface area contributed by atoms with Gasteiger partial charge in [-0.3, -0.25) is 4.79 Å². The third-order valence-electron chi connectivity index (χ3n) is 3.78. The summed E-state index contributed by atoms with van der Waals surface area (Å²) in [4.78, 5) is 23.3. The van der Waals surface area contributed by atoms with Gasteiger partial charge in [0.05, 0.1) is 11.1 Å². The van der Waals surface area contributed by atoms with E-state index in [1.807, 2.05) is 13.0 Å². The van der Waals surface area contributed by atoms with Crippen molar-refractivity contribution in [2.45, 2.75) is 13.8 Å². The van der Waals surface area contributed by atoms with Crippen molar-refractivity contribution < 1.29 is 24.2 Å². The molecular formula is C21H18BrClN2O5. The van der Waals surface area contributed by atoms with Crippen LogP contribution >= 0.6 is 27.5 Å². The number of aliphatic carboxylic acids is 1. The van der Waals surface area contributed by atoms with Crippen molar-refractivity contribution in [2.24, 2.45) is 0 Å². The SMILES string of the molecule is CCOc1cc(/C=C(/C#N)C(=O)Nc2ccc(C)c(Cl)c2)cc(Br)c1OCC(=O)O. The molecule has 0 heterocycles. The Bertz CT molecular complexity index is 1050. The van der Waals surface area contributed by atoms with Crippen LogP contribution in [-0.2, 0) is 9.59 Å². The van der Waals surface area contributed by atoms with Crippen LogP contribution in [-0.4, -0.2) is 30.2 Å². The number of benzene rings is 2. The highest BCUT2D eigenvalue weighted by Gasteiger charge is 2.15. The number of hydrogen-bond donors (Lipinski definition) is 2. The van der Waals surface area contributed by atoms with Gasteiger partial charge < -0.3 is 19.9 Å². The minimum atomic E-state index is -1.13. The van der Waals surface area contributed by atoms with Gasteiger partial charge >= 0.3 is 5.97 Å². The van der Waals surface area contributed by atoms with Crippen molar-refractivity contribution >= 4 is 51.2 Å². The van der Waals surface area contributed by atoms with Gasteiger partial charge in [-0.15, -0.1) is 0 Å². The van der Waals surface area contributed by atoms with E-state index in [1.165, 1.54) is 6.08 Å². The molecule has 156 valence electrons. The van der Waals surface area contributed by atoms with Crippen LogP contribution in [0, 0.1) is 18.3 Å². The average molecular weight is 494 g/mol. The molecule has 0 unspecified atom stereocenters. The minimum absolute atomic E-state index is 0.139. The number of ether oxygens (including phenoxy) is 2. The Labute approximate surface area is 187 Å². The molecule has 0 saturated carbocycles. The Morgan fingerprint density at radius 3 is 2.63 bits per heavy atom. The molecule has 0 spiro atoms. The molecule has 0 atom stereocenters. The number of rotatable bonds is 8. The van der Waals surface area contributed by atoms with Crippen LogP contribution in [0.25, 0.3) is 6.08 Å². The lowest BCUT2D eigenvalue weighted by Gasteiger charge is -2.13. The van der Waals surface area contributed by atoms with Gasteiger partial charge in [0.2, 0.25) is 0 Å². The fraction of sp³-hybridized carbons (Fsp3) is 0.190. The van der Waals surface area contributed by atoms with Crippen molar-refractivity contribution in [1.29, 1.82) is 5.26 Å². The molecule has 0 bridgehead atoms. The Morgan fingerprint density at radius 2 is 2.03 bits per heavy atom. The molecule has 2 rings (SSSR count). The van der Waals surface area contributed by atoms with Crippen LogP contribution in [0.1, 0.15) is 18.1 Å². The number of carboxylic acids is 1. The predicted molar refractivity (Wildman–Crippen MR) is 117 cm³/mol. The highest BCUT2D eigenvalue weighted by Crippen LogP contribution is 2.37. The Kier molecular flexibility index (Phi) is 8.27. The quantitative estimate of drug-likeness (QED) is 0.403. The van der Waals surface area contributed by atoms with E-state index >= 15 is 0 Å². The van der Waals surface area contributed by atoms with Gasteiger partial charge in [-0.2, -0.15) is 5.26 Å². The number of halogens is 2. The number of carboxylic acid groups (broad SMARTS) is 1. The highest BCUT2D eigenvalue weighted by atomic mass is 79.9. The summed E-state index contributed by atoms with van der Waals surface area (Å²) in [7, 11) is 0. The zero-order chi connectivity index (χ0) is 22.3. The van der Waals surface area contributed by atoms with E-state index in [0.717, 1.165) is 5.56 Å². The lowest BCUT2D eigenvalue weighted by atomic mass is 10.1. The molecule has 2 N–H and O–H groups in total. The lowest BCUT2D eigenvalue weighted by molar-refractivity contribution is -0.139. The molecule has 1 amide bonds. The summed E-state index contributed by atoms with van der Waals surface area (Å²) in [6, 6.07) is 10.1. The molecule has 0 aliphatic heterocycles. The molecule has 0 aliphatic rings. The summed E-state index contributed by atoms with van der Waals surface area (Å²) in [5, 5.41) is 21.4. The maximum atomic E-state index is 12.5. The second-order valence-corrected chi connectivity index (χ2v) is 7.29. The normalized spacial score (nSPS) is 10.8. The molecule has 30 heavy (non-hydrogen) atoms. The van der Waals surface area contributed by atoms with E-state index in [9.17, 15) is 14.9 Å². The van der Waals surface area contributed by atoms with Crippen molar-refractivity contribution in [3.05, 3.63) is 56.5 Å². The minimum Gasteiger partial charge on any atom is -0.490 e. The van der Waals surface area contributed by atoms with Crippen LogP contribution < -0.4 is 14.8 Å². The van der Waals surface area contributed by atoms with E-state index in [-0.39, 0.29) is 17.1 Å². The summed E-state index contributed by atoms with van der Waals surface area (Å²) in [5.74, 6) is -1.23. The molecule has 0 radical (unpaired) electrons. The standard InChI is InChI=1S/C21H18BrClN2O5/c1-3-29-18-8-13(7-16(22)20(18)30-11-19(26)27)6-14(10-24)21(28)25-15-5-4-12(2)17(23)9-15/h4-9H,3,11H2,1-2H3,(H,25,28)(H,26,27)/b14-6-. The molecule has 0 saturated heterocycles. The molecular weight excluding hydrogens is 476 g/mol. The van der Waals surface area contributed by atoms with Crippen LogP contribution in [0.4, 0.5) is 5.69 Å². The van der Waals surface area contributed by atoms with Gasteiger partial charge in [0.25, 0.3) is 5.91 Å². The van der Waals surface area contributed by atoms with Gasteiger partial charge in [0.1, 0.15) is 11.6 Å². The largest absolute Gasteiger partial charge is 0.490 e. The molecule has 0 aliphatic carbocycles. The number of carbonyl (C=O) groups excluding carboxylic acids is 1. The van der Waals surface area contributed by atoms with Crippen molar-refractivity contribution in [2.75, 3.05) is 18.5 Å². The first-order valence-corrected chi connectivity index (χ1v) is 9.92. The highest BCUT2D eigenvalue weighted by molar-refractivity contribution is 9.10. The fourth-order valence-electron chi connectivity index (χ4n) is 2.39. The predicted octanol–water partition coefficient (Wildman–Crippen LogP) is 4.82. The smallest absolute Gasteiger partial charge is 0.341 e. The first kappa shape index (κ1) is 23.3. The van der Waals surface area contributed by atoms with E-state index in [4.69, 9.17) is 26.2 Å². The zero-order valence-corrected chi connectivity index (χ0v) is 18.5. The molecule has 0 fully saturated rings. The second-order valence-electron chi connectivity index (χ2n) is 6.03. The van der Waals surface area contributed by atoms with Crippen molar-refractivity contribution in [1.82, 2.24) is 0 Å². The molecule has 2 aromatic rings. The van der Waals surface area contributed by atoms with E-state index in [1.54, 1.807) is 37.3 Å². The van der Waals surface area contributed by atoms with E-state index in [2.05, 4.69) is 21.2 Å². The third-order valence-corrected chi connectivity index (χ3v) is 4.77. The third kappa shape index (κ3) is 6.24. The first-order chi connectivity index (χ1) is 14.2. The second kappa shape index (κ2) is 10.7. The molecule has 0 aromatic heterocycles. The van der Waals surface area contributed by atoms with Crippen LogP contribution in [0.5, 0.6) is 11.5 Å². The molecule has 7 nitrogen and oxygen atoms in total. The number of amides is 1. The maximum absolute atomic E-state index is 12.5. The summed E-state index contributed by atoms with van der Waals surface area (Å²) in [6.07, 6.45) is 1.39. The van der Waals surface area contributed by atoms with Crippen molar-refractivity contribution in [3.8, 4) is 17.6 Å². The van der Waals surface area contributed by atoms with Crippen molar-refractivity contribution in [3.63, 3.8) is 0 Å². The first-order valence-electron chi connectivity index (χ1n) is 8.75. The number of nitriles is 1. The van der Waals surface area contributed by atoms with Gasteiger partial charge in [-0.25, -0.2) is 4.79 Å². The maximum Gasteiger partial charge on any atom is 0.341 e. The monoisotopic (exact) mass is 492 g/mol. The van der Waals surface area contributed by atoms with Gasteiger partial charge in [0, 0.05) is 10.7 Å². The van der Waals surface area contributed by atoms with Gasteiger partial charge in [-0.1, -0.05) is 17.7 Å². The number of aryl methyl sites for hydroxylation is 1. The number of carbonyl (C=O) groups is 2. The number of hydrogen-bond acceptors (Lipinski definition) is 5. The number of nitrogens with one attached hydrogen (secondary N) is 1. The van der Waals surface area contributed by atoms with E-state index < -0.39 is 18.5 Å². The Balaban J connectivity index is 2.33. The number of anilines is 1. The lowest BCUT2D eigenvalue weighted by Crippen LogP contribution is -2.13. The fourth-order valence-corrected chi connectivity index (χ4v) is 3.15.